The molecule has 1 heteroatoms. The van der Waals surface area contributed by atoms with Crippen LogP contribution in [0.15, 0.2) is 48.5 Å². The average molecular weight is 281 g/mol. The number of hydrogen-bond donors (Lipinski definition) is 1. The predicted octanol–water partition coefficient (Wildman–Crippen LogP) is 5.50. The maximum atomic E-state index is 3.82. The van der Waals surface area contributed by atoms with Gasteiger partial charge >= 0.3 is 0 Å². The molecule has 1 nitrogen and oxygen atoms in total. The molecule has 0 aliphatic heterocycles. The maximum Gasteiger partial charge on any atom is 0.0323 e. The van der Waals surface area contributed by atoms with Crippen LogP contribution in [0.5, 0.6) is 0 Å². The number of nitrogens with one attached hydrogen (secondary N) is 1. The molecule has 0 saturated heterocycles. The van der Waals surface area contributed by atoms with E-state index >= 15 is 0 Å². The summed E-state index contributed by atoms with van der Waals surface area (Å²) in [6.07, 6.45) is 2.21. The van der Waals surface area contributed by atoms with Gasteiger partial charge in [-0.3, -0.25) is 0 Å². The first-order valence-corrected chi connectivity index (χ1v) is 8.03. The Balaban J connectivity index is 2.15. The Bertz CT molecular complexity index is 488. The molecule has 0 radical (unpaired) electrons. The van der Waals surface area contributed by atoms with Gasteiger partial charge in [-0.05, 0) is 37.8 Å². The minimum atomic E-state index is 0.414. The highest BCUT2D eigenvalue weighted by Gasteiger charge is 2.15. The summed E-state index contributed by atoms with van der Waals surface area (Å²) < 4.78 is 0. The standard InChI is InChI=1S/C20H27N/c1-5-19(17-11-7-15(3)8-12-17)21-20(6-2)18-13-9-16(4)10-14-18/h7-14,19-21H,5-6H2,1-4H3. The highest BCUT2D eigenvalue weighted by Crippen LogP contribution is 2.25. The maximum absolute atomic E-state index is 3.82. The minimum Gasteiger partial charge on any atom is -0.303 e. The van der Waals surface area contributed by atoms with E-state index in [1.54, 1.807) is 0 Å². The molecule has 0 aliphatic rings. The van der Waals surface area contributed by atoms with Crippen LogP contribution >= 0.6 is 0 Å². The number of aryl methyl sites for hydroxylation is 2. The molecule has 0 saturated carbocycles. The van der Waals surface area contributed by atoms with Gasteiger partial charge in [0.1, 0.15) is 0 Å². The molecule has 21 heavy (non-hydrogen) atoms. The quantitative estimate of drug-likeness (QED) is 0.737. The van der Waals surface area contributed by atoms with Crippen molar-refractivity contribution in [3.8, 4) is 0 Å². The Kier molecular flexibility index (Phi) is 5.58. The molecule has 0 bridgehead atoms. The molecule has 0 amide bonds. The summed E-state index contributed by atoms with van der Waals surface area (Å²) in [5, 5.41) is 3.82. The van der Waals surface area contributed by atoms with Crippen molar-refractivity contribution in [1.82, 2.24) is 5.32 Å². The molecule has 0 fully saturated rings. The van der Waals surface area contributed by atoms with Crippen LogP contribution in [0.2, 0.25) is 0 Å². The van der Waals surface area contributed by atoms with Crippen molar-refractivity contribution < 1.29 is 0 Å². The number of benzene rings is 2. The summed E-state index contributed by atoms with van der Waals surface area (Å²) in [5.74, 6) is 0. The Morgan fingerprint density at radius 1 is 0.667 bits per heavy atom. The van der Waals surface area contributed by atoms with Gasteiger partial charge < -0.3 is 5.32 Å². The Morgan fingerprint density at radius 3 is 1.29 bits per heavy atom. The van der Waals surface area contributed by atoms with E-state index in [1.165, 1.54) is 22.3 Å². The zero-order valence-electron chi connectivity index (χ0n) is 13.7. The first-order valence-electron chi connectivity index (χ1n) is 8.03. The monoisotopic (exact) mass is 281 g/mol. The SMILES string of the molecule is CCC(NC(CC)c1ccc(C)cc1)c1ccc(C)cc1. The van der Waals surface area contributed by atoms with Crippen molar-refractivity contribution in [3.05, 3.63) is 70.8 Å². The lowest BCUT2D eigenvalue weighted by Gasteiger charge is -2.25. The van der Waals surface area contributed by atoms with Gasteiger partial charge in [0, 0.05) is 12.1 Å². The molecule has 112 valence electrons. The van der Waals surface area contributed by atoms with Crippen LogP contribution in [-0.4, -0.2) is 0 Å². The summed E-state index contributed by atoms with van der Waals surface area (Å²) >= 11 is 0. The fourth-order valence-electron chi connectivity index (χ4n) is 2.74. The second kappa shape index (κ2) is 7.42. The zero-order valence-corrected chi connectivity index (χ0v) is 13.7. The normalized spacial score (nSPS) is 13.9. The third kappa shape index (κ3) is 4.18. The van der Waals surface area contributed by atoms with Crippen molar-refractivity contribution in [1.29, 1.82) is 0 Å². The molecule has 0 heterocycles. The average Bonchev–Trinajstić information content (AvgIpc) is 2.51. The van der Waals surface area contributed by atoms with Gasteiger partial charge in [-0.25, -0.2) is 0 Å². The fourth-order valence-corrected chi connectivity index (χ4v) is 2.74. The fraction of sp³-hybridized carbons (Fsp3) is 0.400. The van der Waals surface area contributed by atoms with Gasteiger partial charge in [0.05, 0.1) is 0 Å². The van der Waals surface area contributed by atoms with Crippen LogP contribution in [0, 0.1) is 13.8 Å². The first-order chi connectivity index (χ1) is 10.1. The van der Waals surface area contributed by atoms with Crippen LogP contribution in [0.1, 0.15) is 61.0 Å². The summed E-state index contributed by atoms with van der Waals surface area (Å²) in [4.78, 5) is 0. The van der Waals surface area contributed by atoms with Crippen LogP contribution in [0.3, 0.4) is 0 Å². The smallest absolute Gasteiger partial charge is 0.0323 e. The van der Waals surface area contributed by atoms with E-state index in [-0.39, 0.29) is 0 Å². The van der Waals surface area contributed by atoms with Crippen molar-refractivity contribution in [2.45, 2.75) is 52.6 Å². The molecule has 0 aromatic heterocycles. The van der Waals surface area contributed by atoms with E-state index < -0.39 is 0 Å². The van der Waals surface area contributed by atoms with Gasteiger partial charge in [-0.15, -0.1) is 0 Å². The summed E-state index contributed by atoms with van der Waals surface area (Å²) in [5.41, 5.74) is 5.40. The van der Waals surface area contributed by atoms with Crippen LogP contribution in [0.25, 0.3) is 0 Å². The van der Waals surface area contributed by atoms with Gasteiger partial charge in [-0.1, -0.05) is 73.5 Å². The Hall–Kier alpha value is -1.60. The molecule has 0 aliphatic carbocycles. The molecule has 2 atom stereocenters. The molecular weight excluding hydrogens is 254 g/mol. The third-order valence-electron chi connectivity index (χ3n) is 4.18. The minimum absolute atomic E-state index is 0.414. The van der Waals surface area contributed by atoms with Crippen LogP contribution < -0.4 is 5.32 Å². The number of rotatable bonds is 6. The topological polar surface area (TPSA) is 12.0 Å². The molecule has 2 unspecified atom stereocenters. The highest BCUT2D eigenvalue weighted by atomic mass is 14.9. The van der Waals surface area contributed by atoms with E-state index in [2.05, 4.69) is 81.5 Å². The lowest BCUT2D eigenvalue weighted by molar-refractivity contribution is 0.426. The largest absolute Gasteiger partial charge is 0.303 e. The van der Waals surface area contributed by atoms with E-state index in [0.29, 0.717) is 12.1 Å². The highest BCUT2D eigenvalue weighted by molar-refractivity contribution is 5.27. The predicted molar refractivity (Wildman–Crippen MR) is 91.6 cm³/mol. The summed E-state index contributed by atoms with van der Waals surface area (Å²) in [6.45, 7) is 8.78. The van der Waals surface area contributed by atoms with E-state index in [0.717, 1.165) is 12.8 Å². The lowest BCUT2D eigenvalue weighted by Crippen LogP contribution is -2.25. The number of hydrogen-bond acceptors (Lipinski definition) is 1. The van der Waals surface area contributed by atoms with E-state index in [1.807, 2.05) is 0 Å². The molecule has 2 rings (SSSR count). The Morgan fingerprint density at radius 2 is 1.00 bits per heavy atom. The molecule has 1 N–H and O–H groups in total. The van der Waals surface area contributed by atoms with Gasteiger partial charge in [0.2, 0.25) is 0 Å². The van der Waals surface area contributed by atoms with Gasteiger partial charge in [0.25, 0.3) is 0 Å². The molecular formula is C20H27N. The van der Waals surface area contributed by atoms with Crippen molar-refractivity contribution >= 4 is 0 Å². The first kappa shape index (κ1) is 15.8. The zero-order chi connectivity index (χ0) is 15.2. The van der Waals surface area contributed by atoms with E-state index in [4.69, 9.17) is 0 Å². The third-order valence-corrected chi connectivity index (χ3v) is 4.18. The Labute approximate surface area is 129 Å². The van der Waals surface area contributed by atoms with Crippen molar-refractivity contribution in [2.75, 3.05) is 0 Å². The van der Waals surface area contributed by atoms with Crippen LogP contribution in [0.4, 0.5) is 0 Å². The molecule has 2 aromatic rings. The van der Waals surface area contributed by atoms with Crippen molar-refractivity contribution in [3.63, 3.8) is 0 Å². The second-order valence-electron chi connectivity index (χ2n) is 5.91. The van der Waals surface area contributed by atoms with Crippen molar-refractivity contribution in [2.24, 2.45) is 0 Å². The van der Waals surface area contributed by atoms with E-state index in [9.17, 15) is 0 Å². The summed E-state index contributed by atoms with van der Waals surface area (Å²) in [7, 11) is 0. The van der Waals surface area contributed by atoms with Gasteiger partial charge in [0.15, 0.2) is 0 Å². The second-order valence-corrected chi connectivity index (χ2v) is 5.91. The molecule has 0 spiro atoms. The summed E-state index contributed by atoms with van der Waals surface area (Å²) in [6, 6.07) is 18.6. The van der Waals surface area contributed by atoms with Crippen LogP contribution in [-0.2, 0) is 0 Å². The van der Waals surface area contributed by atoms with Gasteiger partial charge in [-0.2, -0.15) is 0 Å². The molecule has 2 aromatic carbocycles. The lowest BCUT2D eigenvalue weighted by atomic mass is 9.98.